The van der Waals surface area contributed by atoms with Gasteiger partial charge in [0, 0.05) is 23.3 Å². The number of hydrogen-bond donors (Lipinski definition) is 6. The average Bonchev–Trinajstić information content (AvgIpc) is 3.74. The molecule has 4 aromatic heterocycles. The molecule has 0 saturated carbocycles. The number of anilines is 8. The van der Waals surface area contributed by atoms with E-state index in [0.717, 1.165) is 27.7 Å². The van der Waals surface area contributed by atoms with Crippen LogP contribution in [0.15, 0.2) is 120 Å². The smallest absolute Gasteiger partial charge is 0.144 e. The number of aromatic nitrogens is 8. The summed E-state index contributed by atoms with van der Waals surface area (Å²) in [4.78, 5) is 38.0. The van der Waals surface area contributed by atoms with Crippen molar-refractivity contribution in [2.75, 3.05) is 54.5 Å². The number of oxime groups is 3. The van der Waals surface area contributed by atoms with Crippen molar-refractivity contribution in [2.45, 2.75) is 13.1 Å². The van der Waals surface area contributed by atoms with Crippen LogP contribution in [-0.2, 0) is 27.6 Å². The van der Waals surface area contributed by atoms with E-state index in [4.69, 9.17) is 45.2 Å². The van der Waals surface area contributed by atoms with Gasteiger partial charge in [-0.3, -0.25) is 4.68 Å². The molecule has 4 aromatic carbocycles. The third kappa shape index (κ3) is 13.9. The number of benzene rings is 4. The summed E-state index contributed by atoms with van der Waals surface area (Å²) >= 11 is 11.5. The van der Waals surface area contributed by atoms with Crippen LogP contribution in [-0.4, -0.2) is 79.7 Å². The minimum absolute atomic E-state index is 0.00383. The van der Waals surface area contributed by atoms with Gasteiger partial charge in [-0.2, -0.15) is 5.10 Å². The van der Waals surface area contributed by atoms with Crippen molar-refractivity contribution < 1.29 is 27.7 Å². The second kappa shape index (κ2) is 24.8. The molecule has 360 valence electrons. The lowest BCUT2D eigenvalue weighted by Gasteiger charge is -2.10. The first-order chi connectivity index (χ1) is 33.9. The second-order valence-electron chi connectivity index (χ2n) is 14.0. The van der Waals surface area contributed by atoms with Crippen LogP contribution in [0.3, 0.4) is 0 Å². The van der Waals surface area contributed by atoms with Crippen LogP contribution in [0, 0.1) is 17.5 Å². The van der Waals surface area contributed by atoms with Crippen molar-refractivity contribution in [3.8, 4) is 0 Å². The van der Waals surface area contributed by atoms with E-state index in [2.05, 4.69) is 76.1 Å². The lowest BCUT2D eigenvalue weighted by Crippen LogP contribution is -2.08. The molecular weight excluding hydrogens is 955 g/mol. The first kappa shape index (κ1) is 50.6. The summed E-state index contributed by atoms with van der Waals surface area (Å²) in [6.07, 6.45) is 10.0. The van der Waals surface area contributed by atoms with Gasteiger partial charge in [0.1, 0.15) is 92.7 Å². The Morgan fingerprint density at radius 3 is 1.66 bits per heavy atom. The lowest BCUT2D eigenvalue weighted by atomic mass is 10.2. The van der Waals surface area contributed by atoms with Gasteiger partial charge in [-0.15, -0.1) is 0 Å². The van der Waals surface area contributed by atoms with Crippen molar-refractivity contribution in [1.29, 1.82) is 0 Å². The summed E-state index contributed by atoms with van der Waals surface area (Å²) in [6.45, 7) is 0.873. The molecule has 0 bridgehead atoms. The molecule has 0 aliphatic carbocycles. The number of hydrogen-bond acceptors (Lipinski definition) is 19. The highest BCUT2D eigenvalue weighted by molar-refractivity contribution is 6.31. The van der Waals surface area contributed by atoms with Crippen LogP contribution in [0.4, 0.5) is 59.5 Å². The average molecular weight is 997 g/mol. The van der Waals surface area contributed by atoms with Crippen LogP contribution in [0.1, 0.15) is 27.8 Å². The molecule has 70 heavy (non-hydrogen) atoms. The highest BCUT2D eigenvalue weighted by Gasteiger charge is 2.13. The molecule has 0 saturated heterocycles. The molecule has 0 aliphatic heterocycles. The van der Waals surface area contributed by atoms with E-state index in [1.54, 1.807) is 18.3 Å². The van der Waals surface area contributed by atoms with E-state index >= 15 is 0 Å². The first-order valence-corrected chi connectivity index (χ1v) is 21.0. The van der Waals surface area contributed by atoms with E-state index in [9.17, 15) is 13.2 Å². The summed E-state index contributed by atoms with van der Waals surface area (Å²) in [5.74, 6) is 0.964. The maximum Gasteiger partial charge on any atom is 0.144 e. The highest BCUT2D eigenvalue weighted by Crippen LogP contribution is 2.27. The zero-order valence-electron chi connectivity index (χ0n) is 37.2. The minimum atomic E-state index is -0.499. The Kier molecular flexibility index (Phi) is 17.9. The van der Waals surface area contributed by atoms with Crippen LogP contribution >= 0.6 is 23.2 Å². The topological polar surface area (TPSA) is 274 Å². The summed E-state index contributed by atoms with van der Waals surface area (Å²) < 4.78 is 41.5. The number of rotatable bonds is 15. The van der Waals surface area contributed by atoms with Gasteiger partial charge in [-0.25, -0.2) is 43.1 Å². The molecule has 0 radical (unpaired) electrons. The van der Waals surface area contributed by atoms with E-state index < -0.39 is 11.6 Å². The Balaban J connectivity index is 0.000000177. The van der Waals surface area contributed by atoms with Gasteiger partial charge >= 0.3 is 0 Å². The Bertz CT molecular complexity index is 3150. The monoisotopic (exact) mass is 995 g/mol. The maximum absolute atomic E-state index is 13.4. The van der Waals surface area contributed by atoms with Crippen molar-refractivity contribution in [2.24, 2.45) is 15.5 Å². The maximum atomic E-state index is 13.4. The molecule has 20 nitrogen and oxygen atoms in total. The number of fused-ring (bicyclic) bond motifs is 1. The Morgan fingerprint density at radius 2 is 1.11 bits per heavy atom. The molecular formula is C45H42Cl2F3N17O3. The molecule has 4 heterocycles. The van der Waals surface area contributed by atoms with Crippen LogP contribution in [0.2, 0.25) is 10.0 Å². The van der Waals surface area contributed by atoms with Crippen LogP contribution < -0.4 is 33.2 Å². The third-order valence-corrected chi connectivity index (χ3v) is 9.94. The normalized spacial score (nSPS) is 11.0. The van der Waals surface area contributed by atoms with E-state index in [-0.39, 0.29) is 33.3 Å². The molecule has 0 atom stereocenters. The Labute approximate surface area is 407 Å². The molecule has 8 aromatic rings. The van der Waals surface area contributed by atoms with Gasteiger partial charge in [-0.05, 0) is 71.8 Å². The Hall–Kier alpha value is -8.83. The molecule has 0 fully saturated rings. The largest absolute Gasteiger partial charge is 0.399 e. The van der Waals surface area contributed by atoms with E-state index in [0.29, 0.717) is 52.9 Å². The molecule has 0 aliphatic rings. The van der Waals surface area contributed by atoms with E-state index in [1.165, 1.54) is 101 Å². The summed E-state index contributed by atoms with van der Waals surface area (Å²) in [7, 11) is 4.27. The fraction of sp³-hybridized carbons (Fsp3) is 0.111. The van der Waals surface area contributed by atoms with Gasteiger partial charge in [0.15, 0.2) is 0 Å². The van der Waals surface area contributed by atoms with Gasteiger partial charge in [0.25, 0.3) is 0 Å². The van der Waals surface area contributed by atoms with Crippen molar-refractivity contribution in [3.05, 3.63) is 159 Å². The van der Waals surface area contributed by atoms with Crippen LogP contribution in [0.5, 0.6) is 0 Å². The quantitative estimate of drug-likeness (QED) is 0.0416. The molecule has 0 amide bonds. The fourth-order valence-electron chi connectivity index (χ4n) is 6.05. The number of nitrogen functional groups attached to an aromatic ring is 3. The van der Waals surface area contributed by atoms with Crippen molar-refractivity contribution >= 4 is 99.0 Å². The summed E-state index contributed by atoms with van der Waals surface area (Å²) in [5.41, 5.74) is 22.8. The van der Waals surface area contributed by atoms with Gasteiger partial charge in [0.2, 0.25) is 0 Å². The van der Waals surface area contributed by atoms with Crippen molar-refractivity contribution in [1.82, 2.24) is 39.7 Å². The molecule has 0 unspecified atom stereocenters. The number of nitrogens with one attached hydrogen (secondary N) is 3. The molecule has 9 N–H and O–H groups in total. The zero-order chi connectivity index (χ0) is 50.0. The summed E-state index contributed by atoms with van der Waals surface area (Å²) in [6, 6.07) is 21.0. The predicted octanol–water partition coefficient (Wildman–Crippen LogP) is 8.34. The number of halogens is 5. The zero-order valence-corrected chi connectivity index (χ0v) is 38.7. The second-order valence-corrected chi connectivity index (χ2v) is 14.8. The fourth-order valence-corrected chi connectivity index (χ4v) is 6.43. The molecule has 25 heteroatoms. The predicted molar refractivity (Wildman–Crippen MR) is 265 cm³/mol. The van der Waals surface area contributed by atoms with Gasteiger partial charge in [-0.1, -0.05) is 56.9 Å². The van der Waals surface area contributed by atoms with Gasteiger partial charge in [0.05, 0.1) is 63.6 Å². The molecule has 8 rings (SSSR count). The lowest BCUT2D eigenvalue weighted by molar-refractivity contribution is 0.215. The number of nitrogens with two attached hydrogens (primary N) is 3. The first-order valence-electron chi connectivity index (χ1n) is 20.2. The third-order valence-electron chi connectivity index (χ3n) is 9.36. The standard InChI is InChI=1S/C20H18FN7O.C13H13ClFN5O.C12H11ClFN5O/c1-29-26-10-17-19(22)23-12-24-20(17)27-16-5-6-18-14(8-16)9-25-28(18)11-13-3-2-4-15(21)7-13;1-21-20-6-9-12(16)18-7-19-13(9)17-5-8-2-3-11(15)10(14)4-8;1-20-18-5-8-11(15)16-6-17-12(8)19-7-2-3-10(14)9(13)4-7/h2-10,12H,11H2,1H3,(H3,22,23,24,27);2-4,6-7H,5H2,1H3,(H3,16,17,18,19);2-6H,1H3,(H3,15,16,17,19)/b26-10+;20-6+;18-5+. The Morgan fingerprint density at radius 1 is 0.600 bits per heavy atom. The molecule has 0 spiro atoms. The highest BCUT2D eigenvalue weighted by atomic mass is 35.5. The SMILES string of the molecule is CO/N=C/c1c(N)ncnc1NCc1ccc(F)c(Cl)c1.CO/N=C/c1c(N)ncnc1Nc1ccc(F)c(Cl)c1.CO/N=C/c1c(N)ncnc1Nc1ccc2c(cnn2Cc2cccc(F)c2)c1. The minimum Gasteiger partial charge on any atom is -0.399 e. The van der Waals surface area contributed by atoms with Gasteiger partial charge < -0.3 is 47.7 Å². The number of nitrogens with zero attached hydrogens (tertiary/aromatic N) is 11. The summed E-state index contributed by atoms with van der Waals surface area (Å²) in [5, 5.41) is 25.7. The van der Waals surface area contributed by atoms with Crippen LogP contribution in [0.25, 0.3) is 10.9 Å². The van der Waals surface area contributed by atoms with Crippen molar-refractivity contribution in [3.63, 3.8) is 0 Å². The van der Waals surface area contributed by atoms with E-state index in [1.807, 2.05) is 28.9 Å².